The first-order valence-corrected chi connectivity index (χ1v) is 9.27. The minimum atomic E-state index is -0.0810. The van der Waals surface area contributed by atoms with E-state index in [0.717, 1.165) is 11.1 Å². The van der Waals surface area contributed by atoms with Crippen molar-refractivity contribution in [2.75, 3.05) is 5.73 Å². The Kier molecular flexibility index (Phi) is 5.06. The first-order valence-electron chi connectivity index (χ1n) is 7.69. The van der Waals surface area contributed by atoms with Crippen molar-refractivity contribution >= 4 is 37.7 Å². The molecule has 0 saturated carbocycles. The highest BCUT2D eigenvalue weighted by molar-refractivity contribution is 9.10. The molecule has 0 bridgehead atoms. The summed E-state index contributed by atoms with van der Waals surface area (Å²) in [4.78, 5) is 21.4. The lowest BCUT2D eigenvalue weighted by Gasteiger charge is -2.15. The van der Waals surface area contributed by atoms with Crippen LogP contribution in [0.5, 0.6) is 0 Å². The molecule has 0 amide bonds. The minimum absolute atomic E-state index is 0.0223. The van der Waals surface area contributed by atoms with E-state index in [2.05, 4.69) is 41.8 Å². The summed E-state index contributed by atoms with van der Waals surface area (Å²) in [5.41, 5.74) is 8.88. The molecule has 0 aliphatic rings. The normalized spacial score (nSPS) is 11.1. The van der Waals surface area contributed by atoms with Crippen LogP contribution in [0.1, 0.15) is 19.9 Å². The second-order valence-electron chi connectivity index (χ2n) is 5.85. The average Bonchev–Trinajstić information content (AvgIpc) is 2.59. The number of nitrogens with zero attached hydrogens (tertiary/aromatic N) is 3. The van der Waals surface area contributed by atoms with E-state index in [0.29, 0.717) is 26.3 Å². The van der Waals surface area contributed by atoms with E-state index < -0.39 is 0 Å². The van der Waals surface area contributed by atoms with Crippen LogP contribution in [0.2, 0.25) is 0 Å². The monoisotopic (exact) mass is 462 g/mol. The third-order valence-corrected chi connectivity index (χ3v) is 4.91. The van der Waals surface area contributed by atoms with Crippen molar-refractivity contribution in [2.24, 2.45) is 0 Å². The van der Waals surface area contributed by atoms with Crippen LogP contribution in [-0.4, -0.2) is 14.5 Å². The second-order valence-corrected chi connectivity index (χ2v) is 7.45. The number of nitrogens with two attached hydrogens (primary N) is 1. The van der Waals surface area contributed by atoms with Gasteiger partial charge in [0.2, 0.25) is 0 Å². The Balaban J connectivity index is 2.31. The zero-order valence-electron chi connectivity index (χ0n) is 13.7. The lowest BCUT2D eigenvalue weighted by Crippen LogP contribution is -2.22. The summed E-state index contributed by atoms with van der Waals surface area (Å²) < 4.78 is 2.62. The Labute approximate surface area is 162 Å². The number of hydrogen-bond donors (Lipinski definition) is 1. The highest BCUT2D eigenvalue weighted by Crippen LogP contribution is 2.32. The van der Waals surface area contributed by atoms with Gasteiger partial charge in [-0.2, -0.15) is 0 Å². The summed E-state index contributed by atoms with van der Waals surface area (Å²) in [6, 6.07) is 11.5. The van der Waals surface area contributed by atoms with Gasteiger partial charge in [0.1, 0.15) is 4.60 Å². The quantitative estimate of drug-likeness (QED) is 0.612. The predicted octanol–water partition coefficient (Wildman–Crippen LogP) is 4.66. The Morgan fingerprint density at radius 1 is 1.04 bits per heavy atom. The van der Waals surface area contributed by atoms with Crippen molar-refractivity contribution < 1.29 is 0 Å². The van der Waals surface area contributed by atoms with E-state index in [9.17, 15) is 4.79 Å². The summed E-state index contributed by atoms with van der Waals surface area (Å²) >= 11 is 6.71. The molecule has 0 radical (unpaired) electrons. The number of hydrogen-bond acceptors (Lipinski definition) is 4. The molecule has 3 aromatic rings. The van der Waals surface area contributed by atoms with Gasteiger partial charge in [-0.25, -0.2) is 9.97 Å². The molecule has 2 heterocycles. The zero-order chi connectivity index (χ0) is 18.1. The largest absolute Gasteiger partial charge is 0.381 e. The number of benzene rings is 1. The zero-order valence-corrected chi connectivity index (χ0v) is 16.9. The molecule has 0 fully saturated rings. The van der Waals surface area contributed by atoms with Gasteiger partial charge in [0, 0.05) is 23.4 Å². The molecule has 0 aliphatic carbocycles. The number of anilines is 1. The smallest absolute Gasteiger partial charge is 0.265 e. The van der Waals surface area contributed by atoms with E-state index >= 15 is 0 Å². The molecule has 2 N–H and O–H groups in total. The van der Waals surface area contributed by atoms with E-state index in [1.165, 1.54) is 0 Å². The highest BCUT2D eigenvalue weighted by Gasteiger charge is 2.17. The summed E-state index contributed by atoms with van der Waals surface area (Å²) in [6.07, 6.45) is 1.80. The molecule has 3 rings (SSSR count). The van der Waals surface area contributed by atoms with Gasteiger partial charge in [-0.05, 0) is 51.8 Å². The molecule has 128 valence electrons. The molecule has 0 aliphatic heterocycles. The molecular weight excluding hydrogens is 448 g/mol. The Morgan fingerprint density at radius 2 is 1.68 bits per heavy atom. The number of nitrogen functional groups attached to an aromatic ring is 1. The maximum absolute atomic E-state index is 12.3. The fraction of sp³-hybridized carbons (Fsp3) is 0.167. The van der Waals surface area contributed by atoms with Gasteiger partial charge in [-0.3, -0.25) is 4.79 Å². The maximum Gasteiger partial charge on any atom is 0.265 e. The number of rotatable bonds is 3. The third kappa shape index (κ3) is 3.52. The van der Waals surface area contributed by atoms with Crippen LogP contribution < -0.4 is 11.3 Å². The van der Waals surface area contributed by atoms with Crippen molar-refractivity contribution in [1.82, 2.24) is 14.5 Å². The molecule has 7 heteroatoms. The Hall–Kier alpha value is -1.99. The average molecular weight is 464 g/mol. The van der Waals surface area contributed by atoms with Gasteiger partial charge in [0.25, 0.3) is 5.56 Å². The standard InChI is InChI=1S/C18H16Br2N4O/c1-10(2)24-9-12(8-13(19)18(24)25)15-14(11-6-4-3-5-7-11)23-17(21)16(20)22-15/h3-10H,1-2H3,(H2,21,23). The van der Waals surface area contributed by atoms with Crippen LogP contribution in [0.25, 0.3) is 22.5 Å². The van der Waals surface area contributed by atoms with E-state index in [1.807, 2.05) is 44.2 Å². The summed E-state index contributed by atoms with van der Waals surface area (Å²) in [5, 5.41) is 0. The van der Waals surface area contributed by atoms with Gasteiger partial charge < -0.3 is 10.3 Å². The van der Waals surface area contributed by atoms with Crippen molar-refractivity contribution in [2.45, 2.75) is 19.9 Å². The molecule has 2 aromatic heterocycles. The molecular formula is C18H16Br2N4O. The molecule has 1 aromatic carbocycles. The van der Waals surface area contributed by atoms with Gasteiger partial charge in [0.15, 0.2) is 5.82 Å². The van der Waals surface area contributed by atoms with Crippen LogP contribution >= 0.6 is 31.9 Å². The summed E-state index contributed by atoms with van der Waals surface area (Å²) in [5.74, 6) is 0.318. The third-order valence-electron chi connectivity index (χ3n) is 3.75. The Morgan fingerprint density at radius 3 is 2.32 bits per heavy atom. The number of aromatic nitrogens is 3. The van der Waals surface area contributed by atoms with Crippen molar-refractivity contribution in [3.05, 3.63) is 62.0 Å². The van der Waals surface area contributed by atoms with Crippen LogP contribution in [0.3, 0.4) is 0 Å². The fourth-order valence-corrected chi connectivity index (χ4v) is 3.22. The molecule has 25 heavy (non-hydrogen) atoms. The van der Waals surface area contributed by atoms with Crippen LogP contribution in [0.4, 0.5) is 5.82 Å². The topological polar surface area (TPSA) is 73.8 Å². The van der Waals surface area contributed by atoms with Crippen molar-refractivity contribution in [3.63, 3.8) is 0 Å². The SMILES string of the molecule is CC(C)n1cc(-c2nc(Br)c(N)nc2-c2ccccc2)cc(Br)c1=O. The first kappa shape index (κ1) is 17.8. The first-order chi connectivity index (χ1) is 11.9. The lowest BCUT2D eigenvalue weighted by molar-refractivity contribution is 0.577. The van der Waals surface area contributed by atoms with Crippen LogP contribution in [0.15, 0.2) is 56.5 Å². The van der Waals surface area contributed by atoms with E-state index in [-0.39, 0.29) is 11.6 Å². The molecule has 0 spiro atoms. The fourth-order valence-electron chi connectivity index (χ4n) is 2.51. The summed E-state index contributed by atoms with van der Waals surface area (Å²) in [7, 11) is 0. The molecule has 0 atom stereocenters. The second kappa shape index (κ2) is 7.09. The van der Waals surface area contributed by atoms with Gasteiger partial charge >= 0.3 is 0 Å². The Bertz CT molecular complexity index is 984. The molecule has 5 nitrogen and oxygen atoms in total. The van der Waals surface area contributed by atoms with E-state index in [4.69, 9.17) is 5.73 Å². The van der Waals surface area contributed by atoms with Gasteiger partial charge in [-0.1, -0.05) is 30.3 Å². The molecule has 0 unspecified atom stereocenters. The predicted molar refractivity (Wildman–Crippen MR) is 107 cm³/mol. The lowest BCUT2D eigenvalue weighted by atomic mass is 10.1. The van der Waals surface area contributed by atoms with Crippen LogP contribution in [-0.2, 0) is 0 Å². The van der Waals surface area contributed by atoms with Gasteiger partial charge in [-0.15, -0.1) is 0 Å². The van der Waals surface area contributed by atoms with Crippen molar-refractivity contribution in [1.29, 1.82) is 0 Å². The number of pyridine rings is 1. The van der Waals surface area contributed by atoms with E-state index in [1.54, 1.807) is 16.8 Å². The molecule has 0 saturated heterocycles. The highest BCUT2D eigenvalue weighted by atomic mass is 79.9. The number of halogens is 2. The maximum atomic E-state index is 12.3. The van der Waals surface area contributed by atoms with Crippen LogP contribution in [0, 0.1) is 0 Å². The summed E-state index contributed by atoms with van der Waals surface area (Å²) in [6.45, 7) is 3.92. The van der Waals surface area contributed by atoms with Gasteiger partial charge in [0.05, 0.1) is 15.9 Å². The van der Waals surface area contributed by atoms with Crippen molar-refractivity contribution in [3.8, 4) is 22.5 Å². The minimum Gasteiger partial charge on any atom is -0.381 e.